The molecule has 148 valence electrons. The lowest BCUT2D eigenvalue weighted by Gasteiger charge is -2.34. The van der Waals surface area contributed by atoms with E-state index in [1.165, 1.54) is 11.8 Å². The molecule has 1 unspecified atom stereocenters. The molecule has 1 aromatic carbocycles. The maximum Gasteiger partial charge on any atom is 0.249 e. The van der Waals surface area contributed by atoms with E-state index in [1.807, 2.05) is 12.1 Å². The average Bonchev–Trinajstić information content (AvgIpc) is 3.17. The number of hydrogen-bond acceptors (Lipinski definition) is 5. The number of hydrogen-bond donors (Lipinski definition) is 0. The van der Waals surface area contributed by atoms with Gasteiger partial charge in [-0.2, -0.15) is 4.98 Å². The lowest BCUT2D eigenvalue weighted by Crippen LogP contribution is -2.45. The van der Waals surface area contributed by atoms with E-state index in [4.69, 9.17) is 16.1 Å². The van der Waals surface area contributed by atoms with Crippen LogP contribution in [0.3, 0.4) is 0 Å². The zero-order valence-corrected chi connectivity index (χ0v) is 16.6. The van der Waals surface area contributed by atoms with Crippen LogP contribution in [-0.4, -0.2) is 51.4 Å². The third kappa shape index (κ3) is 4.59. The maximum atomic E-state index is 12.9. The summed E-state index contributed by atoms with van der Waals surface area (Å²) in [6.45, 7) is 6.02. The van der Waals surface area contributed by atoms with E-state index in [0.717, 1.165) is 24.8 Å². The van der Waals surface area contributed by atoms with Gasteiger partial charge in [0.25, 0.3) is 0 Å². The lowest BCUT2D eigenvalue weighted by atomic mass is 10.0. The Hall–Kier alpha value is -2.67. The van der Waals surface area contributed by atoms with Crippen LogP contribution in [-0.2, 0) is 9.59 Å². The van der Waals surface area contributed by atoms with E-state index < -0.39 is 0 Å². The molecule has 0 N–H and O–H groups in total. The molecule has 1 atom stereocenters. The number of rotatable bonds is 6. The molecule has 1 fully saturated rings. The minimum atomic E-state index is -0.292. The minimum Gasteiger partial charge on any atom is -0.337 e. The highest BCUT2D eigenvalue weighted by atomic mass is 35.5. The van der Waals surface area contributed by atoms with E-state index in [-0.39, 0.29) is 24.4 Å². The maximum absolute atomic E-state index is 12.9. The number of aromatic nitrogens is 2. The number of benzene rings is 1. The van der Waals surface area contributed by atoms with Crippen molar-refractivity contribution in [1.82, 2.24) is 19.9 Å². The molecule has 1 aliphatic heterocycles. The Morgan fingerprint density at radius 1 is 1.43 bits per heavy atom. The number of likely N-dealkylation sites (tertiary alicyclic amines) is 1. The van der Waals surface area contributed by atoms with Gasteiger partial charge in [-0.15, -0.1) is 6.58 Å². The van der Waals surface area contributed by atoms with Crippen molar-refractivity contribution in [1.29, 1.82) is 0 Å². The van der Waals surface area contributed by atoms with Crippen molar-refractivity contribution >= 4 is 23.4 Å². The summed E-state index contributed by atoms with van der Waals surface area (Å²) in [7, 11) is 0. The topological polar surface area (TPSA) is 79.5 Å². The monoisotopic (exact) mass is 402 g/mol. The molecule has 1 aromatic heterocycles. The number of carbonyl (C=O) groups is 2. The molecule has 3 rings (SSSR count). The fourth-order valence-corrected chi connectivity index (χ4v) is 3.51. The van der Waals surface area contributed by atoms with Crippen molar-refractivity contribution in [2.45, 2.75) is 32.2 Å². The number of piperidine rings is 1. The van der Waals surface area contributed by atoms with Crippen LogP contribution in [0, 0.1) is 0 Å². The largest absolute Gasteiger partial charge is 0.337 e. The quantitative estimate of drug-likeness (QED) is 0.691. The molecule has 0 radical (unpaired) electrons. The Labute approximate surface area is 169 Å². The van der Waals surface area contributed by atoms with Gasteiger partial charge in [0, 0.05) is 30.6 Å². The molecule has 0 saturated carbocycles. The number of carbonyl (C=O) groups excluding carboxylic acids is 2. The lowest BCUT2D eigenvalue weighted by molar-refractivity contribution is -0.142. The molecule has 2 amide bonds. The van der Waals surface area contributed by atoms with Crippen molar-refractivity contribution in [2.24, 2.45) is 0 Å². The van der Waals surface area contributed by atoms with Crippen LogP contribution in [0.5, 0.6) is 0 Å². The Bertz CT molecular complexity index is 867. The molecule has 2 aromatic rings. The first kappa shape index (κ1) is 20.1. The molecule has 0 bridgehead atoms. The second kappa shape index (κ2) is 9.01. The second-order valence-corrected chi connectivity index (χ2v) is 7.19. The Balaban J connectivity index is 1.79. The van der Waals surface area contributed by atoms with Crippen molar-refractivity contribution in [3.8, 4) is 11.4 Å². The second-order valence-electron chi connectivity index (χ2n) is 6.75. The van der Waals surface area contributed by atoms with Gasteiger partial charge in [0.2, 0.25) is 23.5 Å². The fourth-order valence-electron chi connectivity index (χ4n) is 3.32. The molecule has 0 spiro atoms. The van der Waals surface area contributed by atoms with Gasteiger partial charge in [-0.3, -0.25) is 9.59 Å². The molecule has 1 aliphatic rings. The van der Waals surface area contributed by atoms with Gasteiger partial charge in [-0.05, 0) is 31.4 Å². The zero-order chi connectivity index (χ0) is 20.1. The van der Waals surface area contributed by atoms with Gasteiger partial charge < -0.3 is 14.3 Å². The average molecular weight is 403 g/mol. The van der Waals surface area contributed by atoms with E-state index in [0.29, 0.717) is 29.8 Å². The van der Waals surface area contributed by atoms with Gasteiger partial charge in [0.15, 0.2) is 0 Å². The number of halogens is 1. The third-order valence-electron chi connectivity index (χ3n) is 4.75. The van der Waals surface area contributed by atoms with Gasteiger partial charge in [0.05, 0.1) is 0 Å². The van der Waals surface area contributed by atoms with E-state index in [2.05, 4.69) is 16.7 Å². The molecule has 7 nitrogen and oxygen atoms in total. The van der Waals surface area contributed by atoms with Gasteiger partial charge in [-0.1, -0.05) is 35.0 Å². The molecular formula is C20H23ClN4O3. The molecule has 2 heterocycles. The van der Waals surface area contributed by atoms with E-state index in [1.54, 1.807) is 23.1 Å². The summed E-state index contributed by atoms with van der Waals surface area (Å²) in [6.07, 6.45) is 4.22. The molecule has 8 heteroatoms. The Kier molecular flexibility index (Phi) is 6.46. The van der Waals surface area contributed by atoms with Gasteiger partial charge in [0.1, 0.15) is 12.6 Å². The highest BCUT2D eigenvalue weighted by molar-refractivity contribution is 6.30. The molecule has 1 saturated heterocycles. The predicted molar refractivity (Wildman–Crippen MR) is 106 cm³/mol. The predicted octanol–water partition coefficient (Wildman–Crippen LogP) is 3.48. The number of amides is 2. The smallest absolute Gasteiger partial charge is 0.249 e. The number of nitrogens with zero attached hydrogens (tertiary/aromatic N) is 4. The van der Waals surface area contributed by atoms with Crippen molar-refractivity contribution < 1.29 is 14.1 Å². The summed E-state index contributed by atoms with van der Waals surface area (Å²) in [4.78, 5) is 32.3. The minimum absolute atomic E-state index is 0.00708. The van der Waals surface area contributed by atoms with Crippen molar-refractivity contribution in [2.75, 3.05) is 19.6 Å². The summed E-state index contributed by atoms with van der Waals surface area (Å²) in [5.74, 6) is 0.542. The summed E-state index contributed by atoms with van der Waals surface area (Å²) in [5.41, 5.74) is 0.755. The summed E-state index contributed by atoms with van der Waals surface area (Å²) in [5, 5.41) is 4.64. The first-order valence-electron chi connectivity index (χ1n) is 9.25. The highest BCUT2D eigenvalue weighted by Crippen LogP contribution is 2.31. The molecule has 28 heavy (non-hydrogen) atoms. The van der Waals surface area contributed by atoms with Crippen LogP contribution in [0.15, 0.2) is 41.4 Å². The third-order valence-corrected chi connectivity index (χ3v) is 4.99. The summed E-state index contributed by atoms with van der Waals surface area (Å²) < 4.78 is 5.48. The summed E-state index contributed by atoms with van der Waals surface area (Å²) >= 11 is 6.04. The Morgan fingerprint density at radius 3 is 2.96 bits per heavy atom. The van der Waals surface area contributed by atoms with E-state index >= 15 is 0 Å². The van der Waals surface area contributed by atoms with Crippen LogP contribution in [0.1, 0.15) is 38.1 Å². The fraction of sp³-hybridized carbons (Fsp3) is 0.400. The van der Waals surface area contributed by atoms with Crippen LogP contribution in [0.2, 0.25) is 5.02 Å². The first-order valence-corrected chi connectivity index (χ1v) is 9.63. The molecule has 0 aliphatic carbocycles. The highest BCUT2D eigenvalue weighted by Gasteiger charge is 2.33. The van der Waals surface area contributed by atoms with Crippen LogP contribution in [0.25, 0.3) is 11.4 Å². The standard InChI is InChI=1S/C20H23ClN4O3/c1-3-10-24(14(2)26)13-18(27)25-11-5-4-9-17(25)20-22-19(23-28-20)15-7-6-8-16(21)12-15/h3,6-8,12,17H,1,4-5,9-11,13H2,2H3. The first-order chi connectivity index (χ1) is 13.5. The van der Waals surface area contributed by atoms with Crippen LogP contribution < -0.4 is 0 Å². The SMILES string of the molecule is C=CCN(CC(=O)N1CCCCC1c1nc(-c2cccc(Cl)c2)no1)C(C)=O. The zero-order valence-electron chi connectivity index (χ0n) is 15.8. The van der Waals surface area contributed by atoms with E-state index in [9.17, 15) is 9.59 Å². The molecular weight excluding hydrogens is 380 g/mol. The van der Waals surface area contributed by atoms with Crippen LogP contribution >= 0.6 is 11.6 Å². The summed E-state index contributed by atoms with van der Waals surface area (Å²) in [6, 6.07) is 6.92. The van der Waals surface area contributed by atoms with Gasteiger partial charge in [-0.25, -0.2) is 0 Å². The van der Waals surface area contributed by atoms with Crippen LogP contribution in [0.4, 0.5) is 0 Å². The Morgan fingerprint density at radius 2 is 2.25 bits per heavy atom. The van der Waals surface area contributed by atoms with Crippen molar-refractivity contribution in [3.63, 3.8) is 0 Å². The van der Waals surface area contributed by atoms with Crippen molar-refractivity contribution in [3.05, 3.63) is 47.8 Å². The van der Waals surface area contributed by atoms with Gasteiger partial charge >= 0.3 is 0 Å². The normalized spacial score (nSPS) is 16.6.